The standard InChI is InChI=1S/C18H18ClF4N5O2/c19-14-2-1-10(7-24-14)8-27-17(30)28-13(16(29)26-4-3-12(20)9-26)5-11(18(21,22)23)6-15(28)25-27/h1-2,7,11-13H,3-6,8-9H2/t11?,12-,13-/m0/s1. The molecule has 2 aromatic heterocycles. The van der Waals surface area contributed by atoms with Crippen LogP contribution in [0.5, 0.6) is 0 Å². The zero-order valence-corrected chi connectivity index (χ0v) is 16.4. The Morgan fingerprint density at radius 2 is 2.07 bits per heavy atom. The third-order valence-corrected chi connectivity index (χ3v) is 5.72. The molecule has 0 aromatic carbocycles. The fraction of sp³-hybridized carbons (Fsp3) is 0.556. The summed E-state index contributed by atoms with van der Waals surface area (Å²) in [5.41, 5.74) is -0.109. The van der Waals surface area contributed by atoms with E-state index in [4.69, 9.17) is 11.6 Å². The van der Waals surface area contributed by atoms with Crippen molar-refractivity contribution in [2.45, 2.75) is 44.2 Å². The summed E-state index contributed by atoms with van der Waals surface area (Å²) in [5, 5.41) is 4.32. The van der Waals surface area contributed by atoms with Gasteiger partial charge in [0.15, 0.2) is 0 Å². The largest absolute Gasteiger partial charge is 0.392 e. The first-order valence-electron chi connectivity index (χ1n) is 9.41. The molecule has 1 amide bonds. The van der Waals surface area contributed by atoms with Crippen molar-refractivity contribution in [1.82, 2.24) is 24.2 Å². The SMILES string of the molecule is O=C([C@@H]1CC(C(F)(F)F)Cc2nn(Cc3ccc(Cl)nc3)c(=O)n21)N1CC[C@H](F)C1. The Kier molecular flexibility index (Phi) is 5.33. The van der Waals surface area contributed by atoms with E-state index in [-0.39, 0.29) is 37.0 Å². The summed E-state index contributed by atoms with van der Waals surface area (Å²) in [4.78, 5) is 30.9. The lowest BCUT2D eigenvalue weighted by molar-refractivity contribution is -0.183. The van der Waals surface area contributed by atoms with Crippen molar-refractivity contribution in [3.05, 3.63) is 45.4 Å². The molecule has 162 valence electrons. The number of pyridine rings is 1. The Morgan fingerprint density at radius 1 is 1.30 bits per heavy atom. The summed E-state index contributed by atoms with van der Waals surface area (Å²) in [6.45, 7) is -0.0978. The second-order valence-electron chi connectivity index (χ2n) is 7.58. The van der Waals surface area contributed by atoms with Crippen LogP contribution in [0.25, 0.3) is 0 Å². The minimum Gasteiger partial charge on any atom is -0.338 e. The second-order valence-corrected chi connectivity index (χ2v) is 7.97. The van der Waals surface area contributed by atoms with Gasteiger partial charge >= 0.3 is 11.9 Å². The smallest absolute Gasteiger partial charge is 0.338 e. The number of carbonyl (C=O) groups is 1. The first-order valence-corrected chi connectivity index (χ1v) is 9.79. The van der Waals surface area contributed by atoms with Gasteiger partial charge in [0.05, 0.1) is 19.0 Å². The van der Waals surface area contributed by atoms with E-state index in [1.165, 1.54) is 17.2 Å². The van der Waals surface area contributed by atoms with Crippen molar-refractivity contribution < 1.29 is 22.4 Å². The third-order valence-electron chi connectivity index (χ3n) is 5.50. The fourth-order valence-electron chi connectivity index (χ4n) is 3.96. The average molecular weight is 448 g/mol. The minimum atomic E-state index is -4.54. The van der Waals surface area contributed by atoms with Gasteiger partial charge in [0.2, 0.25) is 5.91 Å². The molecule has 0 aliphatic carbocycles. The van der Waals surface area contributed by atoms with Gasteiger partial charge in [-0.1, -0.05) is 17.7 Å². The predicted octanol–water partition coefficient (Wildman–Crippen LogP) is 2.38. The Labute approximate surface area is 173 Å². The molecule has 7 nitrogen and oxygen atoms in total. The fourth-order valence-corrected chi connectivity index (χ4v) is 4.07. The van der Waals surface area contributed by atoms with Gasteiger partial charge in [-0.25, -0.2) is 18.9 Å². The van der Waals surface area contributed by atoms with Crippen molar-refractivity contribution in [3.8, 4) is 0 Å². The molecule has 0 N–H and O–H groups in total. The zero-order chi connectivity index (χ0) is 21.6. The lowest BCUT2D eigenvalue weighted by Crippen LogP contribution is -2.45. The van der Waals surface area contributed by atoms with Gasteiger partial charge in [-0.2, -0.15) is 18.3 Å². The van der Waals surface area contributed by atoms with Crippen molar-refractivity contribution in [1.29, 1.82) is 0 Å². The molecule has 1 saturated heterocycles. The molecule has 4 heterocycles. The number of amides is 1. The number of alkyl halides is 4. The highest BCUT2D eigenvalue weighted by Gasteiger charge is 2.48. The van der Waals surface area contributed by atoms with Crippen LogP contribution in [0.1, 0.15) is 30.3 Å². The van der Waals surface area contributed by atoms with Crippen LogP contribution >= 0.6 is 11.6 Å². The summed E-state index contributed by atoms with van der Waals surface area (Å²) < 4.78 is 56.0. The normalized spacial score (nSPS) is 24.2. The number of carbonyl (C=O) groups excluding carboxylic acids is 1. The molecule has 0 saturated carbocycles. The molecule has 2 aliphatic rings. The summed E-state index contributed by atoms with van der Waals surface area (Å²) in [5.74, 6) is -2.60. The lowest BCUT2D eigenvalue weighted by atomic mass is 9.91. The summed E-state index contributed by atoms with van der Waals surface area (Å²) >= 11 is 5.74. The second kappa shape index (κ2) is 7.68. The van der Waals surface area contributed by atoms with Crippen molar-refractivity contribution in [2.24, 2.45) is 5.92 Å². The molecule has 0 spiro atoms. The molecular weight excluding hydrogens is 430 g/mol. The Hall–Kier alpha value is -2.43. The number of hydrogen-bond donors (Lipinski definition) is 0. The van der Waals surface area contributed by atoms with E-state index in [2.05, 4.69) is 10.1 Å². The summed E-state index contributed by atoms with van der Waals surface area (Å²) in [6, 6.07) is 1.77. The molecule has 3 atom stereocenters. The lowest BCUT2D eigenvalue weighted by Gasteiger charge is -2.32. The average Bonchev–Trinajstić information content (AvgIpc) is 3.25. The third kappa shape index (κ3) is 3.94. The van der Waals surface area contributed by atoms with Crippen LogP contribution in [-0.2, 0) is 17.8 Å². The van der Waals surface area contributed by atoms with E-state index in [0.29, 0.717) is 5.56 Å². The monoisotopic (exact) mass is 447 g/mol. The molecule has 2 aliphatic heterocycles. The van der Waals surface area contributed by atoms with Crippen LogP contribution < -0.4 is 5.69 Å². The van der Waals surface area contributed by atoms with Crippen LogP contribution in [-0.4, -0.2) is 55.6 Å². The van der Waals surface area contributed by atoms with E-state index in [1.807, 2.05) is 0 Å². The first kappa shape index (κ1) is 20.8. The van der Waals surface area contributed by atoms with Crippen molar-refractivity contribution in [3.63, 3.8) is 0 Å². The van der Waals surface area contributed by atoms with Crippen LogP contribution in [0.15, 0.2) is 23.1 Å². The van der Waals surface area contributed by atoms with Gasteiger partial charge in [0.1, 0.15) is 23.2 Å². The van der Waals surface area contributed by atoms with E-state index >= 15 is 0 Å². The molecule has 12 heteroatoms. The molecule has 1 unspecified atom stereocenters. The molecule has 1 fully saturated rings. The Balaban J connectivity index is 1.70. The quantitative estimate of drug-likeness (QED) is 0.535. The van der Waals surface area contributed by atoms with E-state index in [9.17, 15) is 27.2 Å². The van der Waals surface area contributed by atoms with Gasteiger partial charge in [0, 0.05) is 19.2 Å². The van der Waals surface area contributed by atoms with Crippen LogP contribution in [0.2, 0.25) is 5.15 Å². The molecule has 4 rings (SSSR count). The van der Waals surface area contributed by atoms with Gasteiger partial charge in [0.25, 0.3) is 0 Å². The maximum absolute atomic E-state index is 13.5. The zero-order valence-electron chi connectivity index (χ0n) is 15.6. The molecular formula is C18H18ClF4N5O2. The van der Waals surface area contributed by atoms with Crippen molar-refractivity contribution in [2.75, 3.05) is 13.1 Å². The first-order chi connectivity index (χ1) is 14.1. The topological polar surface area (TPSA) is 73.0 Å². The van der Waals surface area contributed by atoms with Gasteiger partial charge in [-0.05, 0) is 24.5 Å². The van der Waals surface area contributed by atoms with Gasteiger partial charge in [-0.3, -0.25) is 9.36 Å². The highest BCUT2D eigenvalue weighted by Crippen LogP contribution is 2.39. The predicted molar refractivity (Wildman–Crippen MR) is 97.8 cm³/mol. The van der Waals surface area contributed by atoms with Crippen LogP contribution in [0, 0.1) is 5.92 Å². The highest BCUT2D eigenvalue weighted by atomic mass is 35.5. The van der Waals surface area contributed by atoms with Crippen LogP contribution in [0.3, 0.4) is 0 Å². The summed E-state index contributed by atoms with van der Waals surface area (Å²) in [6.07, 6.45) is -5.27. The molecule has 0 bridgehead atoms. The molecule has 30 heavy (non-hydrogen) atoms. The van der Waals surface area contributed by atoms with Gasteiger partial charge in [-0.15, -0.1) is 0 Å². The Bertz CT molecular complexity index is 1000. The summed E-state index contributed by atoms with van der Waals surface area (Å²) in [7, 11) is 0. The number of aromatic nitrogens is 4. The number of hydrogen-bond acceptors (Lipinski definition) is 4. The Morgan fingerprint density at radius 3 is 2.67 bits per heavy atom. The van der Waals surface area contributed by atoms with E-state index in [1.54, 1.807) is 6.07 Å². The maximum Gasteiger partial charge on any atom is 0.392 e. The molecule has 2 aromatic rings. The number of nitrogens with zero attached hydrogens (tertiary/aromatic N) is 5. The van der Waals surface area contributed by atoms with E-state index in [0.717, 1.165) is 9.25 Å². The number of likely N-dealkylation sites (tertiary alicyclic amines) is 1. The number of halogens is 5. The van der Waals surface area contributed by atoms with Crippen LogP contribution in [0.4, 0.5) is 17.6 Å². The minimum absolute atomic E-state index is 0.0309. The number of fused-ring (bicyclic) bond motifs is 1. The number of rotatable bonds is 3. The molecule has 0 radical (unpaired) electrons. The highest BCUT2D eigenvalue weighted by molar-refractivity contribution is 6.29. The van der Waals surface area contributed by atoms with Gasteiger partial charge < -0.3 is 4.90 Å². The van der Waals surface area contributed by atoms with E-state index < -0.39 is 48.7 Å². The maximum atomic E-state index is 13.5. The van der Waals surface area contributed by atoms with Crippen molar-refractivity contribution >= 4 is 17.5 Å².